The van der Waals surface area contributed by atoms with E-state index in [4.69, 9.17) is 4.74 Å². The predicted octanol–water partition coefficient (Wildman–Crippen LogP) is 2.20. The molecule has 5 nitrogen and oxygen atoms in total. The Kier molecular flexibility index (Phi) is 6.64. The molecule has 2 rings (SSSR count). The summed E-state index contributed by atoms with van der Waals surface area (Å²) in [6, 6.07) is 7.56. The molecule has 0 aliphatic rings. The first kappa shape index (κ1) is 16.7. The van der Waals surface area contributed by atoms with E-state index < -0.39 is 6.10 Å². The number of rotatable bonds is 9. The highest BCUT2D eigenvalue weighted by Gasteiger charge is 2.09. The van der Waals surface area contributed by atoms with E-state index in [1.54, 1.807) is 18.3 Å². The van der Waals surface area contributed by atoms with Crippen molar-refractivity contribution in [3.63, 3.8) is 0 Å². The molecule has 0 radical (unpaired) electrons. The van der Waals surface area contributed by atoms with E-state index in [-0.39, 0.29) is 6.61 Å². The Labute approximate surface area is 134 Å². The highest BCUT2D eigenvalue weighted by atomic mass is 32.1. The van der Waals surface area contributed by atoms with Crippen molar-refractivity contribution >= 4 is 11.3 Å². The summed E-state index contributed by atoms with van der Waals surface area (Å²) in [5.74, 6) is 0.290. The van der Waals surface area contributed by atoms with E-state index in [1.165, 1.54) is 16.9 Å². The van der Waals surface area contributed by atoms with Crippen LogP contribution in [0.4, 0.5) is 0 Å². The van der Waals surface area contributed by atoms with Crippen LogP contribution in [0.2, 0.25) is 0 Å². The van der Waals surface area contributed by atoms with Crippen LogP contribution in [0.15, 0.2) is 35.8 Å². The number of phenolic OH excluding ortho intramolecular Hbond substituents is 1. The number of benzene rings is 1. The number of nitrogens with one attached hydrogen (secondary N) is 1. The number of aromatic nitrogens is 1. The largest absolute Gasteiger partial charge is 0.508 e. The third kappa shape index (κ3) is 6.01. The molecule has 0 amide bonds. The summed E-state index contributed by atoms with van der Waals surface area (Å²) in [6.07, 6.45) is 3.01. The Hall–Kier alpha value is -1.63. The van der Waals surface area contributed by atoms with Crippen LogP contribution in [-0.4, -0.2) is 40.5 Å². The fourth-order valence-corrected chi connectivity index (χ4v) is 2.49. The van der Waals surface area contributed by atoms with Gasteiger partial charge in [0.1, 0.15) is 18.5 Å². The summed E-state index contributed by atoms with van der Waals surface area (Å²) in [5, 5.41) is 24.8. The van der Waals surface area contributed by atoms with Crippen molar-refractivity contribution in [1.82, 2.24) is 10.3 Å². The maximum absolute atomic E-state index is 9.87. The van der Waals surface area contributed by atoms with Gasteiger partial charge in [-0.15, -0.1) is 0 Å². The maximum atomic E-state index is 9.87. The van der Waals surface area contributed by atoms with Gasteiger partial charge >= 0.3 is 0 Å². The van der Waals surface area contributed by atoms with Crippen LogP contribution >= 0.6 is 11.3 Å². The summed E-state index contributed by atoms with van der Waals surface area (Å²) in [5.41, 5.74) is 1.19. The molecule has 0 aliphatic heterocycles. The standard InChI is InChI=1S/C16H22N2O3S/c1-12(2-3-13-4-6-14(19)7-5-13)18-10-15(20)11-21-16-17-8-9-22-16/h4-9,12,15,18-20H,2-3,10-11H2,1H3. The molecule has 2 aromatic rings. The molecule has 0 spiro atoms. The Balaban J connectivity index is 1.60. The number of nitrogens with zero attached hydrogens (tertiary/aromatic N) is 1. The topological polar surface area (TPSA) is 74.6 Å². The molecule has 1 aromatic carbocycles. The van der Waals surface area contributed by atoms with E-state index in [0.717, 1.165) is 12.8 Å². The zero-order valence-electron chi connectivity index (χ0n) is 12.6. The number of aryl methyl sites for hydroxylation is 1. The average molecular weight is 322 g/mol. The second-order valence-electron chi connectivity index (χ2n) is 5.28. The minimum Gasteiger partial charge on any atom is -0.508 e. The number of phenols is 1. The molecule has 0 saturated carbocycles. The molecule has 1 heterocycles. The first-order valence-corrected chi connectivity index (χ1v) is 8.23. The normalized spacial score (nSPS) is 13.7. The Bertz CT molecular complexity index is 531. The highest BCUT2D eigenvalue weighted by Crippen LogP contribution is 2.14. The molecular formula is C16H22N2O3S. The van der Waals surface area contributed by atoms with Gasteiger partial charge in [0.05, 0.1) is 0 Å². The molecule has 1 aromatic heterocycles. The molecule has 0 bridgehead atoms. The van der Waals surface area contributed by atoms with Crippen molar-refractivity contribution in [3.8, 4) is 10.9 Å². The molecule has 0 saturated heterocycles. The van der Waals surface area contributed by atoms with Gasteiger partial charge in [0, 0.05) is 24.2 Å². The summed E-state index contributed by atoms with van der Waals surface area (Å²) < 4.78 is 5.37. The fourth-order valence-electron chi connectivity index (χ4n) is 1.99. The molecule has 22 heavy (non-hydrogen) atoms. The molecule has 0 aliphatic carbocycles. The van der Waals surface area contributed by atoms with Crippen molar-refractivity contribution in [1.29, 1.82) is 0 Å². The van der Waals surface area contributed by atoms with Crippen molar-refractivity contribution in [2.45, 2.75) is 31.9 Å². The highest BCUT2D eigenvalue weighted by molar-refractivity contribution is 7.11. The lowest BCUT2D eigenvalue weighted by Gasteiger charge is -2.17. The first-order valence-electron chi connectivity index (χ1n) is 7.35. The van der Waals surface area contributed by atoms with Gasteiger partial charge in [-0.05, 0) is 37.5 Å². The van der Waals surface area contributed by atoms with Crippen LogP contribution < -0.4 is 10.1 Å². The van der Waals surface area contributed by atoms with Gasteiger partial charge in [0.25, 0.3) is 5.19 Å². The van der Waals surface area contributed by atoms with E-state index in [2.05, 4.69) is 17.2 Å². The van der Waals surface area contributed by atoms with Gasteiger partial charge in [0.15, 0.2) is 0 Å². The SMILES string of the molecule is CC(CCc1ccc(O)cc1)NCC(O)COc1nccs1. The number of thiazole rings is 1. The van der Waals surface area contributed by atoms with Crippen molar-refractivity contribution in [2.75, 3.05) is 13.2 Å². The molecule has 0 fully saturated rings. The summed E-state index contributed by atoms with van der Waals surface area (Å²) in [4.78, 5) is 4.00. The summed E-state index contributed by atoms with van der Waals surface area (Å²) >= 11 is 1.41. The number of aliphatic hydroxyl groups excluding tert-OH is 1. The monoisotopic (exact) mass is 322 g/mol. The van der Waals surface area contributed by atoms with E-state index in [9.17, 15) is 10.2 Å². The number of aromatic hydroxyl groups is 1. The Morgan fingerprint density at radius 2 is 2.09 bits per heavy atom. The first-order chi connectivity index (χ1) is 10.6. The van der Waals surface area contributed by atoms with Gasteiger partial charge in [-0.2, -0.15) is 0 Å². The van der Waals surface area contributed by atoms with Crippen molar-refractivity contribution in [3.05, 3.63) is 41.4 Å². The zero-order chi connectivity index (χ0) is 15.8. The van der Waals surface area contributed by atoms with E-state index in [1.807, 2.05) is 17.5 Å². The van der Waals surface area contributed by atoms with Gasteiger partial charge in [-0.1, -0.05) is 23.5 Å². The smallest absolute Gasteiger partial charge is 0.273 e. The third-order valence-electron chi connectivity index (χ3n) is 3.31. The van der Waals surface area contributed by atoms with Crippen LogP contribution in [0.5, 0.6) is 10.9 Å². The number of hydrogen-bond donors (Lipinski definition) is 3. The lowest BCUT2D eigenvalue weighted by atomic mass is 10.1. The number of hydrogen-bond acceptors (Lipinski definition) is 6. The van der Waals surface area contributed by atoms with Crippen LogP contribution in [-0.2, 0) is 6.42 Å². The summed E-state index contributed by atoms with van der Waals surface area (Å²) in [6.45, 7) is 2.82. The minimum atomic E-state index is -0.556. The minimum absolute atomic E-state index is 0.241. The van der Waals surface area contributed by atoms with Gasteiger partial charge in [0.2, 0.25) is 0 Å². The quantitative estimate of drug-likeness (QED) is 0.660. The van der Waals surface area contributed by atoms with Gasteiger partial charge in [-0.25, -0.2) is 4.98 Å². The summed E-state index contributed by atoms with van der Waals surface area (Å²) in [7, 11) is 0. The van der Waals surface area contributed by atoms with Crippen LogP contribution in [0.25, 0.3) is 0 Å². The van der Waals surface area contributed by atoms with Gasteiger partial charge < -0.3 is 20.3 Å². The molecular weight excluding hydrogens is 300 g/mol. The van der Waals surface area contributed by atoms with Crippen molar-refractivity contribution < 1.29 is 14.9 Å². The second kappa shape index (κ2) is 8.73. The molecule has 120 valence electrons. The van der Waals surface area contributed by atoms with Crippen molar-refractivity contribution in [2.24, 2.45) is 0 Å². The Morgan fingerprint density at radius 3 is 2.77 bits per heavy atom. The maximum Gasteiger partial charge on any atom is 0.273 e. The Morgan fingerprint density at radius 1 is 1.32 bits per heavy atom. The molecule has 2 unspecified atom stereocenters. The lowest BCUT2D eigenvalue weighted by molar-refractivity contribution is 0.103. The van der Waals surface area contributed by atoms with E-state index in [0.29, 0.717) is 23.5 Å². The van der Waals surface area contributed by atoms with Crippen LogP contribution in [0.3, 0.4) is 0 Å². The van der Waals surface area contributed by atoms with E-state index >= 15 is 0 Å². The van der Waals surface area contributed by atoms with Crippen LogP contribution in [0, 0.1) is 0 Å². The molecule has 6 heteroatoms. The lowest BCUT2D eigenvalue weighted by Crippen LogP contribution is -2.36. The van der Waals surface area contributed by atoms with Crippen LogP contribution in [0.1, 0.15) is 18.9 Å². The fraction of sp³-hybridized carbons (Fsp3) is 0.438. The number of ether oxygens (including phenoxy) is 1. The van der Waals surface area contributed by atoms with Gasteiger partial charge in [-0.3, -0.25) is 0 Å². The number of aliphatic hydroxyl groups is 1. The average Bonchev–Trinajstić information content (AvgIpc) is 3.04. The predicted molar refractivity (Wildman–Crippen MR) is 87.5 cm³/mol. The zero-order valence-corrected chi connectivity index (χ0v) is 13.4. The second-order valence-corrected chi connectivity index (χ2v) is 6.13. The molecule has 3 N–H and O–H groups in total. The molecule has 2 atom stereocenters. The third-order valence-corrected chi connectivity index (χ3v) is 4.00.